The van der Waals surface area contributed by atoms with E-state index in [9.17, 15) is 4.79 Å². The van der Waals surface area contributed by atoms with Gasteiger partial charge in [-0.1, -0.05) is 36.7 Å². The molecule has 1 aromatic carbocycles. The highest BCUT2D eigenvalue weighted by Gasteiger charge is 2.17. The molecule has 0 radical (unpaired) electrons. The maximum Gasteiger partial charge on any atom is 0.261 e. The number of hydrogen-bond acceptors (Lipinski definition) is 3. The van der Waals surface area contributed by atoms with Crippen LogP contribution in [0.25, 0.3) is 0 Å². The molecule has 1 atom stereocenters. The van der Waals surface area contributed by atoms with Crippen molar-refractivity contribution in [2.24, 2.45) is 0 Å². The zero-order valence-corrected chi connectivity index (χ0v) is 13.4. The van der Waals surface area contributed by atoms with Gasteiger partial charge in [0.1, 0.15) is 5.75 Å². The van der Waals surface area contributed by atoms with Crippen molar-refractivity contribution in [1.82, 2.24) is 10.6 Å². The van der Waals surface area contributed by atoms with Crippen LogP contribution in [-0.2, 0) is 11.3 Å². The Hall–Kier alpha value is -1.52. The second-order valence-corrected chi connectivity index (χ2v) is 5.11. The summed E-state index contributed by atoms with van der Waals surface area (Å²) in [5.41, 5.74) is 0.944. The highest BCUT2D eigenvalue weighted by molar-refractivity contribution is 6.32. The van der Waals surface area contributed by atoms with E-state index in [0.717, 1.165) is 18.5 Å². The smallest absolute Gasteiger partial charge is 0.261 e. The molecule has 0 aliphatic carbocycles. The molecule has 1 unspecified atom stereocenters. The Kier molecular flexibility index (Phi) is 7.87. The molecular weight excluding hydrogens is 288 g/mol. The summed E-state index contributed by atoms with van der Waals surface area (Å²) in [6.45, 7) is 9.36. The normalized spacial score (nSPS) is 11.8. The second kappa shape index (κ2) is 9.42. The standard InChI is InChI=1S/C16H23ClN2O2/c1-4-9-18-11-13-7-6-8-14(17)15(13)21-12(3)16(20)19-10-5-2/h5-8,12,18H,2,4,9-11H2,1,3H3,(H,19,20). The van der Waals surface area contributed by atoms with Crippen molar-refractivity contribution in [2.45, 2.75) is 32.9 Å². The molecule has 1 aromatic rings. The topological polar surface area (TPSA) is 50.4 Å². The zero-order valence-electron chi connectivity index (χ0n) is 12.6. The van der Waals surface area contributed by atoms with Crippen LogP contribution in [0.15, 0.2) is 30.9 Å². The summed E-state index contributed by atoms with van der Waals surface area (Å²) in [5.74, 6) is 0.367. The van der Waals surface area contributed by atoms with Gasteiger partial charge in [0, 0.05) is 18.7 Å². The van der Waals surface area contributed by atoms with E-state index in [4.69, 9.17) is 16.3 Å². The Morgan fingerprint density at radius 2 is 2.29 bits per heavy atom. The molecule has 1 amide bonds. The molecule has 1 rings (SSSR count). The average Bonchev–Trinajstić information content (AvgIpc) is 2.48. The first kappa shape index (κ1) is 17.5. The zero-order chi connectivity index (χ0) is 15.7. The van der Waals surface area contributed by atoms with E-state index >= 15 is 0 Å². The summed E-state index contributed by atoms with van der Waals surface area (Å²) in [6, 6.07) is 5.58. The maximum atomic E-state index is 11.8. The lowest BCUT2D eigenvalue weighted by atomic mass is 10.2. The van der Waals surface area contributed by atoms with Gasteiger partial charge in [-0.15, -0.1) is 6.58 Å². The quantitative estimate of drug-likeness (QED) is 0.544. The van der Waals surface area contributed by atoms with E-state index in [2.05, 4.69) is 24.1 Å². The molecule has 0 saturated carbocycles. The molecule has 0 aromatic heterocycles. The monoisotopic (exact) mass is 310 g/mol. The van der Waals surface area contributed by atoms with Gasteiger partial charge in [0.25, 0.3) is 5.91 Å². The molecular formula is C16H23ClN2O2. The van der Waals surface area contributed by atoms with Crippen LogP contribution < -0.4 is 15.4 Å². The summed E-state index contributed by atoms with van der Waals surface area (Å²) in [4.78, 5) is 11.8. The third-order valence-electron chi connectivity index (χ3n) is 2.88. The molecule has 0 saturated heterocycles. The highest BCUT2D eigenvalue weighted by atomic mass is 35.5. The highest BCUT2D eigenvalue weighted by Crippen LogP contribution is 2.29. The van der Waals surface area contributed by atoms with Gasteiger partial charge >= 0.3 is 0 Å². The molecule has 21 heavy (non-hydrogen) atoms. The molecule has 0 bridgehead atoms. The van der Waals surface area contributed by atoms with Crippen LogP contribution in [0.3, 0.4) is 0 Å². The lowest BCUT2D eigenvalue weighted by molar-refractivity contribution is -0.127. The summed E-state index contributed by atoms with van der Waals surface area (Å²) in [7, 11) is 0. The number of carbonyl (C=O) groups is 1. The van der Waals surface area contributed by atoms with Crippen molar-refractivity contribution in [3.8, 4) is 5.75 Å². The molecule has 2 N–H and O–H groups in total. The number of benzene rings is 1. The SMILES string of the molecule is C=CCNC(=O)C(C)Oc1c(Cl)cccc1CNCCC. The molecule has 0 aliphatic heterocycles. The van der Waals surface area contributed by atoms with E-state index in [1.54, 1.807) is 19.1 Å². The third kappa shape index (κ3) is 5.78. The minimum Gasteiger partial charge on any atom is -0.479 e. The number of carbonyl (C=O) groups excluding carboxylic acids is 1. The van der Waals surface area contributed by atoms with Crippen LogP contribution in [0.5, 0.6) is 5.75 Å². The summed E-state index contributed by atoms with van der Waals surface area (Å²) in [6.07, 6.45) is 2.06. The summed E-state index contributed by atoms with van der Waals surface area (Å²) >= 11 is 6.19. The van der Waals surface area contributed by atoms with Gasteiger partial charge in [0.05, 0.1) is 5.02 Å². The van der Waals surface area contributed by atoms with Gasteiger partial charge in [-0.25, -0.2) is 0 Å². The largest absolute Gasteiger partial charge is 0.479 e. The van der Waals surface area contributed by atoms with Crippen LogP contribution in [-0.4, -0.2) is 25.1 Å². The van der Waals surface area contributed by atoms with Gasteiger partial charge in [0.15, 0.2) is 6.10 Å². The maximum absolute atomic E-state index is 11.8. The first-order valence-electron chi connectivity index (χ1n) is 7.13. The van der Waals surface area contributed by atoms with Gasteiger partial charge in [0.2, 0.25) is 0 Å². The number of amides is 1. The Morgan fingerprint density at radius 1 is 1.52 bits per heavy atom. The van der Waals surface area contributed by atoms with Crippen molar-refractivity contribution in [3.63, 3.8) is 0 Å². The van der Waals surface area contributed by atoms with Crippen LogP contribution >= 0.6 is 11.6 Å². The van der Waals surface area contributed by atoms with E-state index in [1.807, 2.05) is 12.1 Å². The first-order valence-corrected chi connectivity index (χ1v) is 7.51. The fraction of sp³-hybridized carbons (Fsp3) is 0.438. The molecule has 0 heterocycles. The van der Waals surface area contributed by atoms with Gasteiger partial charge in [-0.05, 0) is 26.0 Å². The second-order valence-electron chi connectivity index (χ2n) is 4.70. The first-order chi connectivity index (χ1) is 10.1. The Morgan fingerprint density at radius 3 is 2.95 bits per heavy atom. The van der Waals surface area contributed by atoms with E-state index in [-0.39, 0.29) is 5.91 Å². The van der Waals surface area contributed by atoms with Crippen LogP contribution in [0, 0.1) is 0 Å². The van der Waals surface area contributed by atoms with Crippen molar-refractivity contribution in [3.05, 3.63) is 41.4 Å². The summed E-state index contributed by atoms with van der Waals surface area (Å²) in [5, 5.41) is 6.51. The fourth-order valence-corrected chi connectivity index (χ4v) is 2.01. The minimum atomic E-state index is -0.616. The van der Waals surface area contributed by atoms with Crippen molar-refractivity contribution >= 4 is 17.5 Å². The van der Waals surface area contributed by atoms with Crippen LogP contribution in [0.2, 0.25) is 5.02 Å². The van der Waals surface area contributed by atoms with Gasteiger partial charge in [-0.2, -0.15) is 0 Å². The number of nitrogens with one attached hydrogen (secondary N) is 2. The lowest BCUT2D eigenvalue weighted by Gasteiger charge is -2.18. The lowest BCUT2D eigenvalue weighted by Crippen LogP contribution is -2.36. The Balaban J connectivity index is 2.75. The van der Waals surface area contributed by atoms with Crippen LogP contribution in [0.1, 0.15) is 25.8 Å². The molecule has 4 nitrogen and oxygen atoms in total. The number of ether oxygens (including phenoxy) is 1. The predicted octanol–water partition coefficient (Wildman–Crippen LogP) is 2.91. The van der Waals surface area contributed by atoms with Gasteiger partial charge in [-0.3, -0.25) is 4.79 Å². The van der Waals surface area contributed by atoms with Crippen molar-refractivity contribution in [1.29, 1.82) is 0 Å². The molecule has 0 spiro atoms. The average molecular weight is 311 g/mol. The molecule has 116 valence electrons. The summed E-state index contributed by atoms with van der Waals surface area (Å²) < 4.78 is 5.75. The Labute approximate surface area is 131 Å². The van der Waals surface area contributed by atoms with Crippen molar-refractivity contribution in [2.75, 3.05) is 13.1 Å². The number of hydrogen-bond donors (Lipinski definition) is 2. The van der Waals surface area contributed by atoms with E-state index < -0.39 is 6.10 Å². The van der Waals surface area contributed by atoms with Crippen molar-refractivity contribution < 1.29 is 9.53 Å². The van der Waals surface area contributed by atoms with E-state index in [0.29, 0.717) is 23.9 Å². The molecule has 0 aliphatic rings. The molecule has 0 fully saturated rings. The number of para-hydroxylation sites is 1. The molecule has 5 heteroatoms. The predicted molar refractivity (Wildman–Crippen MR) is 86.7 cm³/mol. The van der Waals surface area contributed by atoms with E-state index in [1.165, 1.54) is 0 Å². The third-order valence-corrected chi connectivity index (χ3v) is 3.17. The van der Waals surface area contributed by atoms with Crippen LogP contribution in [0.4, 0.5) is 0 Å². The number of halogens is 1. The fourth-order valence-electron chi connectivity index (χ4n) is 1.77. The Bertz CT molecular complexity index is 477. The number of rotatable bonds is 9. The minimum absolute atomic E-state index is 0.192. The van der Waals surface area contributed by atoms with Gasteiger partial charge < -0.3 is 15.4 Å².